The quantitative estimate of drug-likeness (QED) is 0.830. The molecule has 0 aliphatic heterocycles. The number of carbonyl (C=O) groups excluding carboxylic acids is 1. The Labute approximate surface area is 113 Å². The van der Waals surface area contributed by atoms with Crippen molar-refractivity contribution in [3.63, 3.8) is 0 Å². The SMILES string of the molecule is CSCC(CCO)NC(=O)c1ccc(C)c(C)c1. The Kier molecular flexibility index (Phi) is 6.22. The van der Waals surface area contributed by atoms with Gasteiger partial charge in [-0.15, -0.1) is 0 Å². The fraction of sp³-hybridized carbons (Fsp3) is 0.500. The van der Waals surface area contributed by atoms with Crippen LogP contribution in [0.4, 0.5) is 0 Å². The summed E-state index contributed by atoms with van der Waals surface area (Å²) in [5, 5.41) is 11.9. The zero-order chi connectivity index (χ0) is 13.5. The highest BCUT2D eigenvalue weighted by Gasteiger charge is 2.13. The molecule has 0 bridgehead atoms. The first-order valence-corrected chi connectivity index (χ1v) is 7.45. The standard InChI is InChI=1S/C14H21NO2S/c1-10-4-5-12(8-11(10)2)14(17)15-13(6-7-16)9-18-3/h4-5,8,13,16H,6-7,9H2,1-3H3,(H,15,17). The van der Waals surface area contributed by atoms with Crippen LogP contribution in [0.15, 0.2) is 18.2 Å². The Morgan fingerprint density at radius 2 is 2.11 bits per heavy atom. The van der Waals surface area contributed by atoms with Crippen LogP contribution in [0.25, 0.3) is 0 Å². The molecule has 0 aliphatic rings. The zero-order valence-corrected chi connectivity index (χ0v) is 12.0. The molecule has 0 saturated heterocycles. The number of hydrogen-bond acceptors (Lipinski definition) is 3. The summed E-state index contributed by atoms with van der Waals surface area (Å²) >= 11 is 1.67. The topological polar surface area (TPSA) is 49.3 Å². The molecule has 0 spiro atoms. The molecule has 1 aromatic rings. The van der Waals surface area contributed by atoms with E-state index in [1.807, 2.05) is 38.3 Å². The summed E-state index contributed by atoms with van der Waals surface area (Å²) in [6, 6.07) is 5.73. The fourth-order valence-corrected chi connectivity index (χ4v) is 2.36. The minimum Gasteiger partial charge on any atom is -0.396 e. The number of thioether (sulfide) groups is 1. The first-order valence-electron chi connectivity index (χ1n) is 6.06. The van der Waals surface area contributed by atoms with Gasteiger partial charge in [-0.1, -0.05) is 6.07 Å². The molecule has 1 unspecified atom stereocenters. The van der Waals surface area contributed by atoms with Gasteiger partial charge in [0.25, 0.3) is 5.91 Å². The second kappa shape index (κ2) is 7.44. The van der Waals surface area contributed by atoms with E-state index < -0.39 is 0 Å². The Balaban J connectivity index is 2.70. The molecular weight excluding hydrogens is 246 g/mol. The molecule has 1 atom stereocenters. The number of carbonyl (C=O) groups is 1. The van der Waals surface area contributed by atoms with E-state index in [0.29, 0.717) is 12.0 Å². The molecule has 1 aromatic carbocycles. The maximum absolute atomic E-state index is 12.1. The van der Waals surface area contributed by atoms with Crippen molar-refractivity contribution >= 4 is 17.7 Å². The maximum atomic E-state index is 12.1. The number of nitrogens with one attached hydrogen (secondary N) is 1. The van der Waals surface area contributed by atoms with Crippen LogP contribution in [0, 0.1) is 13.8 Å². The third kappa shape index (κ3) is 4.35. The van der Waals surface area contributed by atoms with Crippen molar-refractivity contribution in [2.45, 2.75) is 26.3 Å². The predicted molar refractivity (Wildman–Crippen MR) is 77.3 cm³/mol. The Bertz CT molecular complexity index is 401. The van der Waals surface area contributed by atoms with E-state index in [0.717, 1.165) is 11.3 Å². The monoisotopic (exact) mass is 267 g/mol. The lowest BCUT2D eigenvalue weighted by atomic mass is 10.1. The molecule has 4 heteroatoms. The average Bonchev–Trinajstić information content (AvgIpc) is 2.33. The van der Waals surface area contributed by atoms with Gasteiger partial charge < -0.3 is 10.4 Å². The number of benzene rings is 1. The summed E-state index contributed by atoms with van der Waals surface area (Å²) in [5.41, 5.74) is 2.98. The van der Waals surface area contributed by atoms with Gasteiger partial charge in [-0.25, -0.2) is 0 Å². The molecule has 3 nitrogen and oxygen atoms in total. The largest absolute Gasteiger partial charge is 0.396 e. The first-order chi connectivity index (χ1) is 8.58. The molecule has 0 fully saturated rings. The number of aryl methyl sites for hydroxylation is 2. The van der Waals surface area contributed by atoms with Crippen molar-refractivity contribution < 1.29 is 9.90 Å². The average molecular weight is 267 g/mol. The van der Waals surface area contributed by atoms with Crippen LogP contribution in [0.5, 0.6) is 0 Å². The van der Waals surface area contributed by atoms with Gasteiger partial charge in [0.1, 0.15) is 0 Å². The lowest BCUT2D eigenvalue weighted by molar-refractivity contribution is 0.0935. The van der Waals surface area contributed by atoms with Gasteiger partial charge in [0.05, 0.1) is 0 Å². The molecule has 0 saturated carbocycles. The summed E-state index contributed by atoms with van der Waals surface area (Å²) in [4.78, 5) is 12.1. The third-order valence-corrected chi connectivity index (χ3v) is 3.69. The first kappa shape index (κ1) is 15.1. The molecule has 0 radical (unpaired) electrons. The van der Waals surface area contributed by atoms with Crippen molar-refractivity contribution in [1.82, 2.24) is 5.32 Å². The van der Waals surface area contributed by atoms with Crippen LogP contribution in [-0.2, 0) is 0 Å². The molecule has 1 amide bonds. The van der Waals surface area contributed by atoms with Crippen LogP contribution < -0.4 is 5.32 Å². The molecule has 18 heavy (non-hydrogen) atoms. The number of amides is 1. The Morgan fingerprint density at radius 1 is 1.39 bits per heavy atom. The molecule has 0 aromatic heterocycles. The van der Waals surface area contributed by atoms with Crippen molar-refractivity contribution in [1.29, 1.82) is 0 Å². The highest BCUT2D eigenvalue weighted by molar-refractivity contribution is 7.98. The van der Waals surface area contributed by atoms with E-state index in [1.165, 1.54) is 5.56 Å². The van der Waals surface area contributed by atoms with Gasteiger partial charge >= 0.3 is 0 Å². The van der Waals surface area contributed by atoms with Gasteiger partial charge in [0.15, 0.2) is 0 Å². The summed E-state index contributed by atoms with van der Waals surface area (Å²) in [6.45, 7) is 4.12. The summed E-state index contributed by atoms with van der Waals surface area (Å²) in [6.07, 6.45) is 2.59. The summed E-state index contributed by atoms with van der Waals surface area (Å²) in [7, 11) is 0. The van der Waals surface area contributed by atoms with Crippen LogP contribution in [0.3, 0.4) is 0 Å². The van der Waals surface area contributed by atoms with E-state index in [-0.39, 0.29) is 18.6 Å². The van der Waals surface area contributed by atoms with Crippen LogP contribution in [-0.4, -0.2) is 35.7 Å². The fourth-order valence-electron chi connectivity index (χ4n) is 1.71. The smallest absolute Gasteiger partial charge is 0.251 e. The lowest BCUT2D eigenvalue weighted by Gasteiger charge is -2.17. The molecule has 1 rings (SSSR count). The highest BCUT2D eigenvalue weighted by atomic mass is 32.2. The minimum absolute atomic E-state index is 0.0270. The molecule has 2 N–H and O–H groups in total. The van der Waals surface area contributed by atoms with Crippen molar-refractivity contribution in [3.05, 3.63) is 34.9 Å². The number of hydrogen-bond donors (Lipinski definition) is 2. The minimum atomic E-state index is -0.0643. The zero-order valence-electron chi connectivity index (χ0n) is 11.2. The summed E-state index contributed by atoms with van der Waals surface area (Å²) < 4.78 is 0. The van der Waals surface area contributed by atoms with Gasteiger partial charge in [-0.05, 0) is 49.8 Å². The van der Waals surface area contributed by atoms with Gasteiger partial charge in [0.2, 0.25) is 0 Å². The van der Waals surface area contributed by atoms with E-state index in [4.69, 9.17) is 5.11 Å². The molecule has 0 heterocycles. The second-order valence-electron chi connectivity index (χ2n) is 4.44. The number of aliphatic hydroxyl groups is 1. The van der Waals surface area contributed by atoms with E-state index in [2.05, 4.69) is 5.32 Å². The molecular formula is C14H21NO2S. The number of rotatable bonds is 6. The third-order valence-electron chi connectivity index (χ3n) is 2.95. The van der Waals surface area contributed by atoms with Crippen LogP contribution >= 0.6 is 11.8 Å². The van der Waals surface area contributed by atoms with Crippen LogP contribution in [0.1, 0.15) is 27.9 Å². The van der Waals surface area contributed by atoms with E-state index in [9.17, 15) is 4.79 Å². The van der Waals surface area contributed by atoms with Crippen molar-refractivity contribution in [2.24, 2.45) is 0 Å². The lowest BCUT2D eigenvalue weighted by Crippen LogP contribution is -2.37. The maximum Gasteiger partial charge on any atom is 0.251 e. The van der Waals surface area contributed by atoms with Crippen LogP contribution in [0.2, 0.25) is 0 Å². The highest BCUT2D eigenvalue weighted by Crippen LogP contribution is 2.10. The second-order valence-corrected chi connectivity index (χ2v) is 5.35. The van der Waals surface area contributed by atoms with E-state index in [1.54, 1.807) is 11.8 Å². The van der Waals surface area contributed by atoms with Crippen molar-refractivity contribution in [3.8, 4) is 0 Å². The van der Waals surface area contributed by atoms with Gasteiger partial charge in [0, 0.05) is 24.0 Å². The van der Waals surface area contributed by atoms with Crippen molar-refractivity contribution in [2.75, 3.05) is 18.6 Å². The Morgan fingerprint density at radius 3 is 2.67 bits per heavy atom. The molecule has 100 valence electrons. The predicted octanol–water partition coefficient (Wildman–Crippen LogP) is 2.15. The normalized spacial score (nSPS) is 12.2. The Hall–Kier alpha value is -1.00. The summed E-state index contributed by atoms with van der Waals surface area (Å²) in [5.74, 6) is 0.752. The number of aliphatic hydroxyl groups excluding tert-OH is 1. The van der Waals surface area contributed by atoms with Gasteiger partial charge in [-0.2, -0.15) is 11.8 Å². The van der Waals surface area contributed by atoms with Gasteiger partial charge in [-0.3, -0.25) is 4.79 Å². The molecule has 0 aliphatic carbocycles. The van der Waals surface area contributed by atoms with E-state index >= 15 is 0 Å².